The second kappa shape index (κ2) is 5.14. The van der Waals surface area contributed by atoms with Gasteiger partial charge in [0.05, 0.1) is 0 Å². The maximum absolute atomic E-state index is 12.5. The van der Waals surface area contributed by atoms with Gasteiger partial charge in [0.25, 0.3) is 5.91 Å². The number of rotatable bonds is 3. The molecule has 0 fully saturated rings. The van der Waals surface area contributed by atoms with E-state index in [2.05, 4.69) is 17.0 Å². The molecule has 1 N–H and O–H groups in total. The Bertz CT molecular complexity index is 743. The van der Waals surface area contributed by atoms with Crippen LogP contribution in [-0.4, -0.2) is 32.5 Å². The molecule has 0 aliphatic carbocycles. The van der Waals surface area contributed by atoms with Gasteiger partial charge in [0, 0.05) is 36.1 Å². The summed E-state index contributed by atoms with van der Waals surface area (Å²) in [5.41, 5.74) is 1.89. The Morgan fingerprint density at radius 1 is 1.27 bits per heavy atom. The standard InChI is InChI=1S/C16H16N4O2/c1-10-12-6-4-5-7-13(12)16(22)20(10)11(2)15(21)17-14-8-9-19(3)18-14/h4-9,11H,1H2,2-3H3,(H,17,18,21)/t11-/m0/s1. The van der Waals surface area contributed by atoms with E-state index in [9.17, 15) is 9.59 Å². The van der Waals surface area contributed by atoms with Crippen LogP contribution in [0.1, 0.15) is 22.8 Å². The maximum atomic E-state index is 12.5. The van der Waals surface area contributed by atoms with Crippen molar-refractivity contribution in [3.8, 4) is 0 Å². The van der Waals surface area contributed by atoms with Crippen LogP contribution in [0, 0.1) is 0 Å². The molecule has 2 aromatic rings. The molecule has 0 radical (unpaired) electrons. The lowest BCUT2D eigenvalue weighted by Crippen LogP contribution is -2.41. The van der Waals surface area contributed by atoms with Crippen LogP contribution in [0.25, 0.3) is 5.70 Å². The van der Waals surface area contributed by atoms with Gasteiger partial charge in [-0.1, -0.05) is 24.8 Å². The molecule has 0 unspecified atom stereocenters. The first-order valence-corrected chi connectivity index (χ1v) is 6.91. The molecule has 22 heavy (non-hydrogen) atoms. The molecule has 6 heteroatoms. The monoisotopic (exact) mass is 296 g/mol. The van der Waals surface area contributed by atoms with Gasteiger partial charge in [0.1, 0.15) is 6.04 Å². The molecule has 1 aromatic heterocycles. The lowest BCUT2D eigenvalue weighted by atomic mass is 10.1. The van der Waals surface area contributed by atoms with E-state index in [1.165, 1.54) is 4.90 Å². The summed E-state index contributed by atoms with van der Waals surface area (Å²) in [4.78, 5) is 26.3. The summed E-state index contributed by atoms with van der Waals surface area (Å²) in [7, 11) is 1.77. The van der Waals surface area contributed by atoms with Crippen molar-refractivity contribution >= 4 is 23.3 Å². The number of carbonyl (C=O) groups is 2. The van der Waals surface area contributed by atoms with Gasteiger partial charge in [-0.05, 0) is 13.0 Å². The molecule has 0 saturated heterocycles. The van der Waals surface area contributed by atoms with Crippen molar-refractivity contribution in [1.29, 1.82) is 0 Å². The van der Waals surface area contributed by atoms with E-state index in [0.717, 1.165) is 5.56 Å². The normalized spacial score (nSPS) is 14.9. The molecule has 2 amide bonds. The van der Waals surface area contributed by atoms with E-state index < -0.39 is 6.04 Å². The summed E-state index contributed by atoms with van der Waals surface area (Å²) >= 11 is 0. The van der Waals surface area contributed by atoms with Crippen LogP contribution in [0.2, 0.25) is 0 Å². The highest BCUT2D eigenvalue weighted by Gasteiger charge is 2.36. The number of carbonyl (C=O) groups excluding carboxylic acids is 2. The van der Waals surface area contributed by atoms with E-state index in [0.29, 0.717) is 17.1 Å². The number of nitrogens with one attached hydrogen (secondary N) is 1. The molecule has 1 aromatic carbocycles. The predicted octanol–water partition coefficient (Wildman–Crippen LogP) is 1.87. The maximum Gasteiger partial charge on any atom is 0.259 e. The molecule has 1 atom stereocenters. The van der Waals surface area contributed by atoms with E-state index in [4.69, 9.17) is 0 Å². The fourth-order valence-electron chi connectivity index (χ4n) is 2.54. The van der Waals surface area contributed by atoms with E-state index >= 15 is 0 Å². The Kier molecular flexibility index (Phi) is 3.29. The molecule has 112 valence electrons. The first-order chi connectivity index (χ1) is 10.5. The SMILES string of the molecule is C=C1c2ccccc2C(=O)N1[C@@H](C)C(=O)Nc1ccn(C)n1. The average Bonchev–Trinajstić information content (AvgIpc) is 3.01. The van der Waals surface area contributed by atoms with Crippen molar-refractivity contribution in [2.24, 2.45) is 7.05 Å². The van der Waals surface area contributed by atoms with Crippen LogP contribution < -0.4 is 5.32 Å². The Hall–Kier alpha value is -2.89. The van der Waals surface area contributed by atoms with Gasteiger partial charge in [-0.3, -0.25) is 19.2 Å². The number of aryl methyl sites for hydroxylation is 1. The zero-order valence-corrected chi connectivity index (χ0v) is 12.4. The van der Waals surface area contributed by atoms with Crippen LogP contribution >= 0.6 is 0 Å². The molecule has 0 spiro atoms. The smallest absolute Gasteiger partial charge is 0.259 e. The number of fused-ring (bicyclic) bond motifs is 1. The van der Waals surface area contributed by atoms with E-state index in [1.54, 1.807) is 43.0 Å². The van der Waals surface area contributed by atoms with Gasteiger partial charge in [-0.25, -0.2) is 0 Å². The summed E-state index contributed by atoms with van der Waals surface area (Å²) in [6.07, 6.45) is 1.73. The molecule has 1 aliphatic rings. The van der Waals surface area contributed by atoms with Crippen molar-refractivity contribution in [3.63, 3.8) is 0 Å². The van der Waals surface area contributed by atoms with Crippen LogP contribution in [-0.2, 0) is 11.8 Å². The minimum Gasteiger partial charge on any atom is -0.307 e. The molecular weight excluding hydrogens is 280 g/mol. The molecule has 6 nitrogen and oxygen atoms in total. The zero-order valence-electron chi connectivity index (χ0n) is 12.4. The third-order valence-electron chi connectivity index (χ3n) is 3.71. The Labute approximate surface area is 128 Å². The Morgan fingerprint density at radius 3 is 2.55 bits per heavy atom. The number of anilines is 1. The number of benzene rings is 1. The minimum atomic E-state index is -0.672. The third-order valence-corrected chi connectivity index (χ3v) is 3.71. The van der Waals surface area contributed by atoms with Gasteiger partial charge < -0.3 is 5.32 Å². The minimum absolute atomic E-state index is 0.204. The molecule has 3 rings (SSSR count). The first kappa shape index (κ1) is 14.1. The number of aromatic nitrogens is 2. The van der Waals surface area contributed by atoms with Crippen molar-refractivity contribution in [1.82, 2.24) is 14.7 Å². The van der Waals surface area contributed by atoms with E-state index in [1.807, 2.05) is 12.1 Å². The van der Waals surface area contributed by atoms with Crippen LogP contribution in [0.5, 0.6) is 0 Å². The fourth-order valence-corrected chi connectivity index (χ4v) is 2.54. The molecule has 0 saturated carbocycles. The summed E-state index contributed by atoms with van der Waals surface area (Å²) in [5, 5.41) is 6.80. The second-order valence-electron chi connectivity index (χ2n) is 5.21. The van der Waals surface area contributed by atoms with Crippen molar-refractivity contribution in [2.45, 2.75) is 13.0 Å². The van der Waals surface area contributed by atoms with Gasteiger partial charge in [0.2, 0.25) is 5.91 Å². The highest BCUT2D eigenvalue weighted by molar-refractivity contribution is 6.11. The lowest BCUT2D eigenvalue weighted by Gasteiger charge is -2.24. The summed E-state index contributed by atoms with van der Waals surface area (Å²) in [5.74, 6) is -0.0561. The highest BCUT2D eigenvalue weighted by atomic mass is 16.2. The predicted molar refractivity (Wildman–Crippen MR) is 82.9 cm³/mol. The summed E-state index contributed by atoms with van der Waals surface area (Å²) in [6.45, 7) is 5.62. The number of amides is 2. The van der Waals surface area contributed by atoms with Crippen LogP contribution in [0.4, 0.5) is 5.82 Å². The van der Waals surface area contributed by atoms with Crippen molar-refractivity contribution in [2.75, 3.05) is 5.32 Å². The van der Waals surface area contributed by atoms with Gasteiger partial charge in [-0.2, -0.15) is 5.10 Å². The molecular formula is C16H16N4O2. The quantitative estimate of drug-likeness (QED) is 0.940. The third kappa shape index (κ3) is 2.18. The Balaban J connectivity index is 1.81. The fraction of sp³-hybridized carbons (Fsp3) is 0.188. The first-order valence-electron chi connectivity index (χ1n) is 6.91. The topological polar surface area (TPSA) is 67.2 Å². The Morgan fingerprint density at radius 2 is 1.95 bits per heavy atom. The van der Waals surface area contributed by atoms with E-state index in [-0.39, 0.29) is 11.8 Å². The van der Waals surface area contributed by atoms with Crippen LogP contribution in [0.15, 0.2) is 43.1 Å². The zero-order chi connectivity index (χ0) is 15.9. The highest BCUT2D eigenvalue weighted by Crippen LogP contribution is 2.33. The number of hydrogen-bond donors (Lipinski definition) is 1. The lowest BCUT2D eigenvalue weighted by molar-refractivity contribution is -0.119. The molecule has 0 bridgehead atoms. The number of nitrogens with zero attached hydrogens (tertiary/aromatic N) is 3. The summed E-state index contributed by atoms with van der Waals surface area (Å²) < 4.78 is 1.59. The largest absolute Gasteiger partial charge is 0.307 e. The second-order valence-corrected chi connectivity index (χ2v) is 5.21. The molecule has 1 aliphatic heterocycles. The number of hydrogen-bond acceptors (Lipinski definition) is 3. The van der Waals surface area contributed by atoms with Gasteiger partial charge >= 0.3 is 0 Å². The van der Waals surface area contributed by atoms with Gasteiger partial charge in [-0.15, -0.1) is 0 Å². The average molecular weight is 296 g/mol. The van der Waals surface area contributed by atoms with Crippen molar-refractivity contribution in [3.05, 3.63) is 54.2 Å². The van der Waals surface area contributed by atoms with Crippen LogP contribution in [0.3, 0.4) is 0 Å². The van der Waals surface area contributed by atoms with Crippen molar-refractivity contribution < 1.29 is 9.59 Å². The molecule has 2 heterocycles. The van der Waals surface area contributed by atoms with Gasteiger partial charge in [0.15, 0.2) is 5.82 Å². The summed E-state index contributed by atoms with van der Waals surface area (Å²) in [6, 6.07) is 8.24.